The molecule has 0 aliphatic rings. The van der Waals surface area contributed by atoms with Crippen LogP contribution in [0.4, 0.5) is 5.82 Å². The van der Waals surface area contributed by atoms with E-state index in [1.54, 1.807) is 11.3 Å². The van der Waals surface area contributed by atoms with Gasteiger partial charge in [0.1, 0.15) is 16.8 Å². The Morgan fingerprint density at radius 2 is 2.17 bits per heavy atom. The minimum absolute atomic E-state index is 0.272. The molecule has 0 aromatic carbocycles. The number of aryl methyl sites for hydroxylation is 1. The molecule has 0 aliphatic heterocycles. The van der Waals surface area contributed by atoms with Crippen LogP contribution in [0, 0.1) is 13.8 Å². The molecule has 2 rings (SSSR count). The maximum Gasteiger partial charge on any atom is 0.137 e. The molecular weight excluding hydrogens is 266 g/mol. The molecule has 2 aromatic rings. The van der Waals surface area contributed by atoms with Crippen LogP contribution in [-0.2, 0) is 0 Å². The third-order valence-corrected chi connectivity index (χ3v) is 4.16. The van der Waals surface area contributed by atoms with Gasteiger partial charge in [0.2, 0.25) is 0 Å². The third kappa shape index (κ3) is 2.82. The monoisotopic (exact) mass is 281 g/mol. The second kappa shape index (κ2) is 5.67. The second-order valence-corrected chi connectivity index (χ2v) is 5.49. The van der Waals surface area contributed by atoms with Gasteiger partial charge in [-0.2, -0.15) is 0 Å². The molecular formula is C13H16ClN3S. The van der Waals surface area contributed by atoms with Gasteiger partial charge < -0.3 is 5.32 Å². The van der Waals surface area contributed by atoms with Crippen LogP contribution in [0.3, 0.4) is 0 Å². The molecule has 96 valence electrons. The number of hydrogen-bond acceptors (Lipinski definition) is 4. The minimum Gasteiger partial charge on any atom is -0.362 e. The van der Waals surface area contributed by atoms with Gasteiger partial charge in [0.25, 0.3) is 0 Å². The lowest BCUT2D eigenvalue weighted by Crippen LogP contribution is -2.11. The zero-order valence-corrected chi connectivity index (χ0v) is 12.3. The van der Waals surface area contributed by atoms with Crippen molar-refractivity contribution in [3.05, 3.63) is 38.9 Å². The fraction of sp³-hybridized carbons (Fsp3) is 0.385. The Labute approximate surface area is 116 Å². The van der Waals surface area contributed by atoms with Gasteiger partial charge in [-0.25, -0.2) is 9.97 Å². The highest BCUT2D eigenvalue weighted by atomic mass is 35.5. The summed E-state index contributed by atoms with van der Waals surface area (Å²) in [6.45, 7) is 5.94. The molecule has 18 heavy (non-hydrogen) atoms. The summed E-state index contributed by atoms with van der Waals surface area (Å²) in [5.74, 6) is 1.52. The van der Waals surface area contributed by atoms with Gasteiger partial charge in [-0.1, -0.05) is 24.6 Å². The van der Waals surface area contributed by atoms with E-state index in [0.717, 1.165) is 17.8 Å². The predicted molar refractivity (Wildman–Crippen MR) is 77.5 cm³/mol. The van der Waals surface area contributed by atoms with Gasteiger partial charge in [-0.15, -0.1) is 11.3 Å². The summed E-state index contributed by atoms with van der Waals surface area (Å²) in [6, 6.07) is 4.47. The lowest BCUT2D eigenvalue weighted by Gasteiger charge is -2.18. The van der Waals surface area contributed by atoms with E-state index in [2.05, 4.69) is 39.7 Å². The molecule has 5 heteroatoms. The van der Waals surface area contributed by atoms with Crippen molar-refractivity contribution >= 4 is 28.8 Å². The van der Waals surface area contributed by atoms with Gasteiger partial charge in [0, 0.05) is 10.4 Å². The van der Waals surface area contributed by atoms with E-state index in [1.165, 1.54) is 4.88 Å². The standard InChI is InChI=1S/C13H16ClN3S/c1-4-10(11-6-5-7-18-11)17-13-8(2)12(14)15-9(3)16-13/h5-7,10H,4H2,1-3H3,(H,15,16,17). The van der Waals surface area contributed by atoms with Crippen LogP contribution in [0.25, 0.3) is 0 Å². The Morgan fingerprint density at radius 3 is 2.78 bits per heavy atom. The quantitative estimate of drug-likeness (QED) is 0.846. The maximum absolute atomic E-state index is 6.08. The number of nitrogens with zero attached hydrogens (tertiary/aromatic N) is 2. The van der Waals surface area contributed by atoms with Crippen LogP contribution in [0.5, 0.6) is 0 Å². The summed E-state index contributed by atoms with van der Waals surface area (Å²) >= 11 is 7.83. The van der Waals surface area contributed by atoms with E-state index in [-0.39, 0.29) is 6.04 Å². The summed E-state index contributed by atoms with van der Waals surface area (Å²) in [7, 11) is 0. The zero-order valence-electron chi connectivity index (χ0n) is 10.7. The Hall–Kier alpha value is -1.13. The lowest BCUT2D eigenvalue weighted by atomic mass is 10.2. The number of nitrogens with one attached hydrogen (secondary N) is 1. The molecule has 0 bridgehead atoms. The SMILES string of the molecule is CCC(Nc1nc(C)nc(Cl)c1C)c1cccs1. The van der Waals surface area contributed by atoms with Crippen LogP contribution in [0.15, 0.2) is 17.5 Å². The van der Waals surface area contributed by atoms with E-state index < -0.39 is 0 Å². The molecule has 1 atom stereocenters. The smallest absolute Gasteiger partial charge is 0.137 e. The minimum atomic E-state index is 0.272. The first-order chi connectivity index (χ1) is 8.61. The van der Waals surface area contributed by atoms with E-state index in [0.29, 0.717) is 11.0 Å². The predicted octanol–water partition coefficient (Wildman–Crippen LogP) is 4.37. The van der Waals surface area contributed by atoms with Crippen molar-refractivity contribution < 1.29 is 0 Å². The average Bonchev–Trinajstić information content (AvgIpc) is 2.85. The number of aromatic nitrogens is 2. The van der Waals surface area contributed by atoms with Crippen molar-refractivity contribution in [3.63, 3.8) is 0 Å². The second-order valence-electron chi connectivity index (χ2n) is 4.16. The Bertz CT molecular complexity index is 525. The van der Waals surface area contributed by atoms with Crippen LogP contribution in [0.2, 0.25) is 5.15 Å². The topological polar surface area (TPSA) is 37.8 Å². The number of halogens is 1. The molecule has 0 aliphatic carbocycles. The fourth-order valence-electron chi connectivity index (χ4n) is 1.76. The molecule has 1 N–H and O–H groups in total. The Morgan fingerprint density at radius 1 is 1.39 bits per heavy atom. The molecule has 3 nitrogen and oxygen atoms in total. The molecule has 0 saturated carbocycles. The zero-order chi connectivity index (χ0) is 13.1. The van der Waals surface area contributed by atoms with E-state index in [4.69, 9.17) is 11.6 Å². The van der Waals surface area contributed by atoms with Gasteiger partial charge in [-0.3, -0.25) is 0 Å². The number of thiophene rings is 1. The van der Waals surface area contributed by atoms with Crippen molar-refractivity contribution in [1.29, 1.82) is 0 Å². The van der Waals surface area contributed by atoms with Gasteiger partial charge in [0.15, 0.2) is 0 Å². The molecule has 1 unspecified atom stereocenters. The Kier molecular flexibility index (Phi) is 4.19. The molecule has 2 heterocycles. The first-order valence-electron chi connectivity index (χ1n) is 5.92. The summed E-state index contributed by atoms with van der Waals surface area (Å²) in [5, 5.41) is 6.06. The van der Waals surface area contributed by atoms with E-state index in [9.17, 15) is 0 Å². The molecule has 2 aromatic heterocycles. The van der Waals surface area contributed by atoms with Crippen molar-refractivity contribution in [1.82, 2.24) is 9.97 Å². The summed E-state index contributed by atoms with van der Waals surface area (Å²) in [5.41, 5.74) is 0.900. The largest absolute Gasteiger partial charge is 0.362 e. The highest BCUT2D eigenvalue weighted by Crippen LogP contribution is 2.28. The number of anilines is 1. The van der Waals surface area contributed by atoms with Crippen LogP contribution < -0.4 is 5.32 Å². The van der Waals surface area contributed by atoms with Gasteiger partial charge in [-0.05, 0) is 31.7 Å². The highest BCUT2D eigenvalue weighted by Gasteiger charge is 2.14. The van der Waals surface area contributed by atoms with E-state index >= 15 is 0 Å². The average molecular weight is 282 g/mol. The normalized spacial score (nSPS) is 12.4. The Balaban J connectivity index is 2.28. The number of rotatable bonds is 4. The first kappa shape index (κ1) is 13.3. The molecule has 0 spiro atoms. The maximum atomic E-state index is 6.08. The van der Waals surface area contributed by atoms with Gasteiger partial charge >= 0.3 is 0 Å². The molecule has 0 saturated heterocycles. The van der Waals surface area contributed by atoms with E-state index in [1.807, 2.05) is 13.8 Å². The fourth-order valence-corrected chi connectivity index (χ4v) is 2.84. The van der Waals surface area contributed by atoms with Crippen molar-refractivity contribution in [2.75, 3.05) is 5.32 Å². The molecule has 0 amide bonds. The number of hydrogen-bond donors (Lipinski definition) is 1. The molecule has 0 radical (unpaired) electrons. The van der Waals surface area contributed by atoms with Crippen molar-refractivity contribution in [3.8, 4) is 0 Å². The highest BCUT2D eigenvalue weighted by molar-refractivity contribution is 7.10. The summed E-state index contributed by atoms with van der Waals surface area (Å²) < 4.78 is 0. The lowest BCUT2D eigenvalue weighted by molar-refractivity contribution is 0.755. The summed E-state index contributed by atoms with van der Waals surface area (Å²) in [4.78, 5) is 9.89. The van der Waals surface area contributed by atoms with Gasteiger partial charge in [0.05, 0.1) is 6.04 Å². The van der Waals surface area contributed by atoms with Crippen molar-refractivity contribution in [2.24, 2.45) is 0 Å². The first-order valence-corrected chi connectivity index (χ1v) is 7.18. The molecule has 0 fully saturated rings. The van der Waals surface area contributed by atoms with Crippen LogP contribution >= 0.6 is 22.9 Å². The summed E-state index contributed by atoms with van der Waals surface area (Å²) in [6.07, 6.45) is 1.00. The van der Waals surface area contributed by atoms with Crippen molar-refractivity contribution in [2.45, 2.75) is 33.2 Å². The van der Waals surface area contributed by atoms with Crippen LogP contribution in [0.1, 0.15) is 35.7 Å². The van der Waals surface area contributed by atoms with Crippen LogP contribution in [-0.4, -0.2) is 9.97 Å². The third-order valence-electron chi connectivity index (χ3n) is 2.80.